The number of benzene rings is 1. The average Bonchev–Trinajstić information content (AvgIpc) is 2.28. The molecule has 0 radical (unpaired) electrons. The molecule has 0 spiro atoms. The van der Waals surface area contributed by atoms with Gasteiger partial charge in [-0.05, 0) is 30.7 Å². The van der Waals surface area contributed by atoms with Crippen LogP contribution < -0.4 is 16.8 Å². The first-order valence-corrected chi connectivity index (χ1v) is 5.12. The Bertz CT molecular complexity index is 534. The van der Waals surface area contributed by atoms with Crippen molar-refractivity contribution < 1.29 is 4.39 Å². The Kier molecular flexibility index (Phi) is 2.82. The first-order chi connectivity index (χ1) is 8.08. The van der Waals surface area contributed by atoms with Crippen LogP contribution in [0.15, 0.2) is 30.3 Å². The minimum absolute atomic E-state index is 0.226. The number of para-hydroxylation sites is 1. The molecule has 0 aliphatic heterocycles. The summed E-state index contributed by atoms with van der Waals surface area (Å²) in [4.78, 5) is 4.03. The van der Waals surface area contributed by atoms with E-state index in [0.29, 0.717) is 17.2 Å². The molecule has 2 aromatic rings. The third-order valence-electron chi connectivity index (χ3n) is 2.43. The van der Waals surface area contributed by atoms with E-state index in [9.17, 15) is 4.39 Å². The highest BCUT2D eigenvalue weighted by atomic mass is 19.1. The van der Waals surface area contributed by atoms with Gasteiger partial charge in [0.1, 0.15) is 17.5 Å². The molecule has 2 rings (SSSR count). The number of nitrogens with zero attached hydrogens (tertiary/aromatic N) is 1. The van der Waals surface area contributed by atoms with Crippen LogP contribution in [-0.2, 0) is 0 Å². The van der Waals surface area contributed by atoms with Gasteiger partial charge in [0.15, 0.2) is 0 Å². The zero-order valence-corrected chi connectivity index (χ0v) is 9.37. The lowest BCUT2D eigenvalue weighted by atomic mass is 10.2. The van der Waals surface area contributed by atoms with Crippen molar-refractivity contribution >= 4 is 23.0 Å². The summed E-state index contributed by atoms with van der Waals surface area (Å²) in [6.07, 6.45) is 0. The topological polar surface area (TPSA) is 77.0 Å². The van der Waals surface area contributed by atoms with E-state index in [-0.39, 0.29) is 11.6 Å². The average molecular weight is 232 g/mol. The number of aryl methyl sites for hydroxylation is 1. The zero-order valence-electron chi connectivity index (χ0n) is 9.37. The molecule has 0 fully saturated rings. The maximum atomic E-state index is 13.6. The van der Waals surface area contributed by atoms with Gasteiger partial charge in [0, 0.05) is 0 Å². The van der Waals surface area contributed by atoms with E-state index in [2.05, 4.69) is 10.3 Å². The quantitative estimate of drug-likeness (QED) is 0.743. The predicted octanol–water partition coefficient (Wildman–Crippen LogP) is 2.44. The molecule has 0 saturated heterocycles. The minimum atomic E-state index is -0.331. The summed E-state index contributed by atoms with van der Waals surface area (Å²) in [6.45, 7) is 1.81. The van der Waals surface area contributed by atoms with Crippen molar-refractivity contribution in [1.29, 1.82) is 0 Å². The Morgan fingerprint density at radius 3 is 2.59 bits per heavy atom. The Morgan fingerprint density at radius 1 is 1.18 bits per heavy atom. The van der Waals surface area contributed by atoms with E-state index in [1.807, 2.05) is 13.0 Å². The molecule has 1 aromatic heterocycles. The van der Waals surface area contributed by atoms with Gasteiger partial charge in [-0.2, -0.15) is 0 Å². The fourth-order valence-corrected chi connectivity index (χ4v) is 1.47. The summed E-state index contributed by atoms with van der Waals surface area (Å²) in [5.74, 6) is 0.357. The van der Waals surface area contributed by atoms with Crippen LogP contribution in [0.4, 0.5) is 27.4 Å². The molecule has 5 heteroatoms. The van der Waals surface area contributed by atoms with Gasteiger partial charge in [0.2, 0.25) is 0 Å². The third kappa shape index (κ3) is 2.28. The van der Waals surface area contributed by atoms with E-state index < -0.39 is 0 Å². The highest BCUT2D eigenvalue weighted by molar-refractivity contribution is 5.66. The SMILES string of the molecule is Cc1cccc(F)c1Nc1ccc(N)c(N)n1. The van der Waals surface area contributed by atoms with Crippen molar-refractivity contribution in [2.45, 2.75) is 6.92 Å². The van der Waals surface area contributed by atoms with E-state index in [1.165, 1.54) is 6.07 Å². The van der Waals surface area contributed by atoms with Crippen LogP contribution in [0.3, 0.4) is 0 Å². The maximum absolute atomic E-state index is 13.6. The number of anilines is 4. The lowest BCUT2D eigenvalue weighted by Crippen LogP contribution is -2.03. The molecule has 0 bridgehead atoms. The monoisotopic (exact) mass is 232 g/mol. The summed E-state index contributed by atoms with van der Waals surface area (Å²) in [5, 5.41) is 2.89. The van der Waals surface area contributed by atoms with Crippen LogP contribution in [0.1, 0.15) is 5.56 Å². The van der Waals surface area contributed by atoms with Crippen LogP contribution in [0, 0.1) is 12.7 Å². The molecule has 5 N–H and O–H groups in total. The van der Waals surface area contributed by atoms with Crippen LogP contribution in [-0.4, -0.2) is 4.98 Å². The molecular weight excluding hydrogens is 219 g/mol. The van der Waals surface area contributed by atoms with Crippen LogP contribution in [0.2, 0.25) is 0 Å². The van der Waals surface area contributed by atoms with E-state index >= 15 is 0 Å². The predicted molar refractivity (Wildman–Crippen MR) is 67.5 cm³/mol. The Hall–Kier alpha value is -2.30. The van der Waals surface area contributed by atoms with Gasteiger partial charge in [0.05, 0.1) is 11.4 Å². The van der Waals surface area contributed by atoms with Crippen LogP contribution in [0.25, 0.3) is 0 Å². The van der Waals surface area contributed by atoms with Crippen molar-refractivity contribution in [3.05, 3.63) is 41.7 Å². The van der Waals surface area contributed by atoms with Gasteiger partial charge in [0.25, 0.3) is 0 Å². The van der Waals surface area contributed by atoms with E-state index in [0.717, 1.165) is 5.56 Å². The molecule has 1 heterocycles. The van der Waals surface area contributed by atoms with Crippen LogP contribution in [0.5, 0.6) is 0 Å². The Balaban J connectivity index is 2.35. The van der Waals surface area contributed by atoms with Crippen LogP contribution >= 0.6 is 0 Å². The number of hydrogen-bond donors (Lipinski definition) is 3. The van der Waals surface area contributed by atoms with Gasteiger partial charge >= 0.3 is 0 Å². The fraction of sp³-hybridized carbons (Fsp3) is 0.0833. The molecule has 0 aliphatic rings. The maximum Gasteiger partial charge on any atom is 0.149 e. The van der Waals surface area contributed by atoms with Gasteiger partial charge in [-0.25, -0.2) is 9.37 Å². The van der Waals surface area contributed by atoms with E-state index in [1.54, 1.807) is 18.2 Å². The van der Waals surface area contributed by atoms with Crippen molar-refractivity contribution in [3.63, 3.8) is 0 Å². The van der Waals surface area contributed by atoms with Crippen molar-refractivity contribution in [3.8, 4) is 0 Å². The first kappa shape index (κ1) is 11.2. The minimum Gasteiger partial charge on any atom is -0.396 e. The van der Waals surface area contributed by atoms with Crippen molar-refractivity contribution in [2.24, 2.45) is 0 Å². The van der Waals surface area contributed by atoms with Gasteiger partial charge in [-0.3, -0.25) is 0 Å². The Labute approximate surface area is 98.5 Å². The lowest BCUT2D eigenvalue weighted by molar-refractivity contribution is 0.631. The Morgan fingerprint density at radius 2 is 1.94 bits per heavy atom. The van der Waals surface area contributed by atoms with Crippen molar-refractivity contribution in [1.82, 2.24) is 4.98 Å². The summed E-state index contributed by atoms with van der Waals surface area (Å²) in [6, 6.07) is 8.13. The molecular formula is C12H13FN4. The standard InChI is InChI=1S/C12H13FN4/c1-7-3-2-4-8(13)11(7)16-10-6-5-9(14)12(15)17-10/h2-6H,14H2,1H3,(H3,15,16,17). The molecule has 0 saturated carbocycles. The third-order valence-corrected chi connectivity index (χ3v) is 2.43. The summed E-state index contributed by atoms with van der Waals surface area (Å²) >= 11 is 0. The smallest absolute Gasteiger partial charge is 0.149 e. The zero-order chi connectivity index (χ0) is 12.4. The highest BCUT2D eigenvalue weighted by Gasteiger charge is 2.06. The molecule has 88 valence electrons. The molecule has 0 unspecified atom stereocenters. The van der Waals surface area contributed by atoms with Gasteiger partial charge < -0.3 is 16.8 Å². The number of halogens is 1. The second kappa shape index (κ2) is 4.29. The molecule has 0 aliphatic carbocycles. The number of hydrogen-bond acceptors (Lipinski definition) is 4. The number of aromatic nitrogens is 1. The number of nitrogen functional groups attached to an aromatic ring is 2. The summed E-state index contributed by atoms with van der Waals surface area (Å²) in [7, 11) is 0. The second-order valence-electron chi connectivity index (χ2n) is 3.73. The molecule has 1 aromatic carbocycles. The highest BCUT2D eigenvalue weighted by Crippen LogP contribution is 2.24. The second-order valence-corrected chi connectivity index (χ2v) is 3.73. The first-order valence-electron chi connectivity index (χ1n) is 5.12. The van der Waals surface area contributed by atoms with Gasteiger partial charge in [-0.15, -0.1) is 0 Å². The molecule has 17 heavy (non-hydrogen) atoms. The fourth-order valence-electron chi connectivity index (χ4n) is 1.47. The summed E-state index contributed by atoms with van der Waals surface area (Å²) < 4.78 is 13.6. The van der Waals surface area contributed by atoms with Crippen molar-refractivity contribution in [2.75, 3.05) is 16.8 Å². The van der Waals surface area contributed by atoms with E-state index in [4.69, 9.17) is 11.5 Å². The normalized spacial score (nSPS) is 10.2. The number of nitrogens with two attached hydrogens (primary N) is 2. The summed E-state index contributed by atoms with van der Waals surface area (Å²) in [5.41, 5.74) is 12.7. The largest absolute Gasteiger partial charge is 0.396 e. The lowest BCUT2D eigenvalue weighted by Gasteiger charge is -2.10. The molecule has 0 atom stereocenters. The number of pyridine rings is 1. The number of rotatable bonds is 2. The number of nitrogens with one attached hydrogen (secondary N) is 1. The van der Waals surface area contributed by atoms with Gasteiger partial charge in [-0.1, -0.05) is 12.1 Å². The molecule has 0 amide bonds. The molecule has 4 nitrogen and oxygen atoms in total.